The zero-order valence-electron chi connectivity index (χ0n) is 7.00. The lowest BCUT2D eigenvalue weighted by Crippen LogP contribution is -2.17. The Balaban J connectivity index is 2.51. The number of hydrogen-bond acceptors (Lipinski definition) is 2. The van der Waals surface area contributed by atoms with E-state index < -0.39 is 0 Å². The van der Waals surface area contributed by atoms with E-state index >= 15 is 0 Å². The largest absolute Gasteiger partial charge is 0.366 e. The van der Waals surface area contributed by atoms with Gasteiger partial charge in [-0.05, 0) is 23.6 Å². The Labute approximate surface area is 85.0 Å². The van der Waals surface area contributed by atoms with Gasteiger partial charge in [0, 0.05) is 4.47 Å². The summed E-state index contributed by atoms with van der Waals surface area (Å²) in [6.07, 6.45) is 1.35. The molecule has 0 amide bonds. The van der Waals surface area contributed by atoms with Crippen molar-refractivity contribution >= 4 is 22.2 Å². The molecule has 1 aromatic carbocycles. The molecular weight excluding hydrogens is 232 g/mol. The molecule has 0 N–H and O–H groups in total. The molecule has 1 aromatic rings. The van der Waals surface area contributed by atoms with Crippen molar-refractivity contribution in [3.8, 4) is 0 Å². The Bertz CT molecular complexity index is 336. The zero-order chi connectivity index (χ0) is 9.26. The highest BCUT2D eigenvalue weighted by Gasteiger charge is 2.21. The first kappa shape index (κ1) is 8.91. The second kappa shape index (κ2) is 3.60. The van der Waals surface area contributed by atoms with Gasteiger partial charge in [-0.3, -0.25) is 0 Å². The first-order valence-electron chi connectivity index (χ1n) is 4.17. The fourth-order valence-corrected chi connectivity index (χ4v) is 2.18. The fourth-order valence-electron chi connectivity index (χ4n) is 1.60. The van der Waals surface area contributed by atoms with Crippen molar-refractivity contribution in [1.82, 2.24) is 0 Å². The van der Waals surface area contributed by atoms with Gasteiger partial charge in [0.25, 0.3) is 0 Å². The van der Waals surface area contributed by atoms with E-state index in [1.807, 2.05) is 18.2 Å². The summed E-state index contributed by atoms with van der Waals surface area (Å²) in [5.74, 6) is 0. The number of benzene rings is 1. The van der Waals surface area contributed by atoms with Crippen LogP contribution in [-0.2, 0) is 16.0 Å². The highest BCUT2D eigenvalue weighted by molar-refractivity contribution is 9.10. The zero-order valence-corrected chi connectivity index (χ0v) is 8.58. The van der Waals surface area contributed by atoms with Crippen molar-refractivity contribution in [2.75, 3.05) is 6.61 Å². The van der Waals surface area contributed by atoms with E-state index in [0.717, 1.165) is 22.7 Å². The molecule has 1 aliphatic rings. The summed E-state index contributed by atoms with van der Waals surface area (Å²) in [6, 6.07) is 5.86. The molecule has 2 nitrogen and oxygen atoms in total. The molecule has 0 saturated carbocycles. The predicted octanol–water partition coefficient (Wildman–Crippen LogP) is 2.26. The monoisotopic (exact) mass is 240 g/mol. The molecule has 2 rings (SSSR count). The molecule has 0 fully saturated rings. The topological polar surface area (TPSA) is 26.3 Å². The molecule has 3 heteroatoms. The van der Waals surface area contributed by atoms with Crippen LogP contribution < -0.4 is 0 Å². The molecule has 13 heavy (non-hydrogen) atoms. The second-order valence-corrected chi connectivity index (χ2v) is 3.84. The van der Waals surface area contributed by atoms with Crippen molar-refractivity contribution in [3.63, 3.8) is 0 Å². The van der Waals surface area contributed by atoms with Gasteiger partial charge < -0.3 is 9.53 Å². The summed E-state index contributed by atoms with van der Waals surface area (Å²) >= 11 is 3.47. The maximum atomic E-state index is 10.7. The fraction of sp³-hybridized carbons (Fsp3) is 0.300. The van der Waals surface area contributed by atoms with Crippen LogP contribution in [0.15, 0.2) is 22.7 Å². The minimum absolute atomic E-state index is 0.374. The van der Waals surface area contributed by atoms with Crippen molar-refractivity contribution in [2.45, 2.75) is 12.5 Å². The number of ether oxygens (including phenoxy) is 1. The molecule has 0 aromatic heterocycles. The molecule has 0 unspecified atom stereocenters. The van der Waals surface area contributed by atoms with E-state index in [9.17, 15) is 4.79 Å². The normalized spacial score (nSPS) is 20.8. The molecule has 1 heterocycles. The van der Waals surface area contributed by atoms with Gasteiger partial charge in [0.2, 0.25) is 0 Å². The maximum absolute atomic E-state index is 10.7. The summed E-state index contributed by atoms with van der Waals surface area (Å²) in [4.78, 5) is 10.7. The van der Waals surface area contributed by atoms with Gasteiger partial charge >= 0.3 is 0 Å². The summed E-state index contributed by atoms with van der Waals surface area (Å²) in [6.45, 7) is 0.624. The Hall–Kier alpha value is -0.670. The van der Waals surface area contributed by atoms with E-state index in [1.54, 1.807) is 0 Å². The number of rotatable bonds is 1. The molecular formula is C10H9BrO2. The van der Waals surface area contributed by atoms with Crippen LogP contribution in [0.2, 0.25) is 0 Å². The molecule has 0 saturated heterocycles. The smallest absolute Gasteiger partial charge is 0.153 e. The molecule has 1 atom stereocenters. The van der Waals surface area contributed by atoms with Crippen LogP contribution in [0.1, 0.15) is 17.2 Å². The van der Waals surface area contributed by atoms with Crippen LogP contribution in [0.5, 0.6) is 0 Å². The summed E-state index contributed by atoms with van der Waals surface area (Å²) in [7, 11) is 0. The van der Waals surface area contributed by atoms with Gasteiger partial charge in [-0.15, -0.1) is 0 Å². The predicted molar refractivity (Wildman–Crippen MR) is 52.6 cm³/mol. The number of halogens is 1. The van der Waals surface area contributed by atoms with Crippen LogP contribution >= 0.6 is 15.9 Å². The molecule has 0 aliphatic carbocycles. The van der Waals surface area contributed by atoms with E-state index in [0.29, 0.717) is 6.61 Å². The number of carbonyl (C=O) groups is 1. The lowest BCUT2D eigenvalue weighted by atomic mass is 9.98. The lowest BCUT2D eigenvalue weighted by Gasteiger charge is -2.22. The third-order valence-corrected chi connectivity index (χ3v) is 2.98. The average molecular weight is 241 g/mol. The molecule has 1 aliphatic heterocycles. The quantitative estimate of drug-likeness (QED) is 0.705. The summed E-state index contributed by atoms with van der Waals surface area (Å²) in [5, 5.41) is 0. The molecule has 0 spiro atoms. The Morgan fingerprint density at radius 1 is 1.54 bits per heavy atom. The SMILES string of the molecule is O=C[C@@H]1OCCc2c(Br)cccc21. The van der Waals surface area contributed by atoms with E-state index in [4.69, 9.17) is 4.74 Å². The highest BCUT2D eigenvalue weighted by Crippen LogP contribution is 2.30. The van der Waals surface area contributed by atoms with Crippen molar-refractivity contribution < 1.29 is 9.53 Å². The van der Waals surface area contributed by atoms with E-state index in [1.165, 1.54) is 5.56 Å². The number of carbonyl (C=O) groups excluding carboxylic acids is 1. The molecule has 68 valence electrons. The first-order chi connectivity index (χ1) is 6.33. The van der Waals surface area contributed by atoms with Crippen molar-refractivity contribution in [3.05, 3.63) is 33.8 Å². The van der Waals surface area contributed by atoms with Crippen molar-refractivity contribution in [2.24, 2.45) is 0 Å². The van der Waals surface area contributed by atoms with Crippen molar-refractivity contribution in [1.29, 1.82) is 0 Å². The second-order valence-electron chi connectivity index (χ2n) is 2.99. The Morgan fingerprint density at radius 3 is 3.15 bits per heavy atom. The minimum atomic E-state index is -0.374. The van der Waals surface area contributed by atoms with Crippen LogP contribution in [0.3, 0.4) is 0 Å². The van der Waals surface area contributed by atoms with Crippen LogP contribution in [-0.4, -0.2) is 12.9 Å². The maximum Gasteiger partial charge on any atom is 0.153 e. The van der Waals surface area contributed by atoms with Gasteiger partial charge in [0.15, 0.2) is 6.29 Å². The van der Waals surface area contributed by atoms with Gasteiger partial charge in [-0.25, -0.2) is 0 Å². The van der Waals surface area contributed by atoms with Crippen LogP contribution in [0, 0.1) is 0 Å². The Morgan fingerprint density at radius 2 is 2.38 bits per heavy atom. The van der Waals surface area contributed by atoms with E-state index in [-0.39, 0.29) is 6.10 Å². The standard InChI is InChI=1S/C10H9BrO2/c11-9-3-1-2-8-7(9)4-5-13-10(8)6-12/h1-3,6,10H,4-5H2/t10-/m0/s1. The number of hydrogen-bond donors (Lipinski definition) is 0. The molecule has 0 radical (unpaired) electrons. The lowest BCUT2D eigenvalue weighted by molar-refractivity contribution is -0.119. The van der Waals surface area contributed by atoms with E-state index in [2.05, 4.69) is 15.9 Å². The third kappa shape index (κ3) is 1.54. The minimum Gasteiger partial charge on any atom is -0.366 e. The first-order valence-corrected chi connectivity index (χ1v) is 4.96. The van der Waals surface area contributed by atoms with Gasteiger partial charge in [-0.1, -0.05) is 28.1 Å². The van der Waals surface area contributed by atoms with Crippen LogP contribution in [0.25, 0.3) is 0 Å². The summed E-state index contributed by atoms with van der Waals surface area (Å²) < 4.78 is 6.39. The van der Waals surface area contributed by atoms with Crippen LogP contribution in [0.4, 0.5) is 0 Å². The van der Waals surface area contributed by atoms with Gasteiger partial charge in [0.05, 0.1) is 6.61 Å². The number of fused-ring (bicyclic) bond motifs is 1. The highest BCUT2D eigenvalue weighted by atomic mass is 79.9. The van der Waals surface area contributed by atoms with Gasteiger partial charge in [-0.2, -0.15) is 0 Å². The Kier molecular flexibility index (Phi) is 2.47. The average Bonchev–Trinajstić information content (AvgIpc) is 2.18. The number of aldehydes is 1. The van der Waals surface area contributed by atoms with Gasteiger partial charge in [0.1, 0.15) is 6.10 Å². The molecule has 0 bridgehead atoms. The third-order valence-electron chi connectivity index (χ3n) is 2.23. The summed E-state index contributed by atoms with van der Waals surface area (Å²) in [5.41, 5.74) is 2.20.